The molecule has 0 bridgehead atoms. The van der Waals surface area contributed by atoms with Gasteiger partial charge in [0.05, 0.1) is 87.7 Å². The van der Waals surface area contributed by atoms with Gasteiger partial charge in [0.15, 0.2) is 0 Å². The molecule has 0 aliphatic carbocycles. The van der Waals surface area contributed by atoms with Gasteiger partial charge >= 0.3 is 0 Å². The standard InChI is InChI=1S/C57H54BN3O.C57H54BN3S/c2*1-35-18-25-41(26-19-35)60-48-33-42(59(39-27-20-36(21-28-39)55(2,3)4)40-29-22-37(23-30-40)56(5,6)7)34-49-52(48)58(51-45-31-24-38(57(8,9)10)32-50(45)62-54(51)60)46-16-13-15-44-43-14-11-12-17-47(43)61(49)53(44)46/h2*11-34H,1-10H3/i2*11D,12D,13D,14D,15D,16D,17D,18D,19D,20D,21D,22D,23D,24D,25D,26D,27D,28D,29D,30D,31D,32D. The number of hydrogen-bond donors (Lipinski definition) is 0. The molecule has 10 heteroatoms. The van der Waals surface area contributed by atoms with Crippen molar-refractivity contribution < 1.29 is 64.7 Å². The van der Waals surface area contributed by atoms with Gasteiger partial charge in [-0.25, -0.2) is 0 Å². The molecule has 0 saturated heterocycles. The van der Waals surface area contributed by atoms with Gasteiger partial charge in [0, 0.05) is 105 Å². The monoisotopic (exact) mass is 1680 g/mol. The maximum Gasteiger partial charge on any atom is 0.257 e. The molecule has 0 fully saturated rings. The van der Waals surface area contributed by atoms with E-state index >= 15 is 0 Å². The zero-order valence-corrected chi connectivity index (χ0v) is 72.8. The van der Waals surface area contributed by atoms with Gasteiger partial charge in [0.25, 0.3) is 13.4 Å². The molecule has 0 spiro atoms. The summed E-state index contributed by atoms with van der Waals surface area (Å²) in [6.45, 7) is 30.8. The Hall–Kier alpha value is -12.5. The van der Waals surface area contributed by atoms with E-state index < -0.39 is 316 Å². The van der Waals surface area contributed by atoms with Crippen LogP contribution in [0.15, 0.2) is 295 Å². The van der Waals surface area contributed by atoms with Crippen molar-refractivity contribution in [3.63, 3.8) is 0 Å². The summed E-state index contributed by atoms with van der Waals surface area (Å²) in [5, 5.41) is -0.993. The van der Waals surface area contributed by atoms with E-state index in [1.807, 2.05) is 0 Å². The molecule has 0 atom stereocenters. The normalized spacial score (nSPS) is 18.5. The van der Waals surface area contributed by atoms with E-state index in [1.165, 1.54) is 57.0 Å². The molecular formula is C114H108B2N6OS. The molecule has 4 aromatic heterocycles. The number of nitrogens with zero attached hydrogens (tertiary/aromatic N) is 6. The van der Waals surface area contributed by atoms with Crippen molar-refractivity contribution in [3.05, 3.63) is 335 Å². The molecule has 22 rings (SSSR count). The van der Waals surface area contributed by atoms with E-state index in [0.717, 1.165) is 21.1 Å². The molecule has 8 heterocycles. The SMILES string of the molecule is [2H]c1c([2H])c(N2c3cc(N(c4c([2H])c([2H])c(C(C)(C)C)c([2H])c4[2H])c4c([2H])c([2H])c(C(C)(C)C)c([2H])c4[2H])cc4c3B(c3c2oc2c([2H])c(C(C)(C)C)c([2H])c([2H])c32)c2c([2H])c([2H])c([2H])c3c5c([2H])c([2H])c([2H])c([2H])c5n-4c23)c([2H])c([2H])c1C.[2H]c1c([2H])c(N2c3cc(N(c4c([2H])c([2H])c(C(C)(C)C)c([2H])c4[2H])c4c([2H])c([2H])c(C(C)(C)C)c([2H])c4[2H])cc4c3B(c3c2sc2c([2H])c(C(C)(C)C)c([2H])c([2H])c32)c2c([2H])c([2H])c([2H])c3c5c([2H])c([2H])c([2H])c([2H])c5n-4c23)c([2H])c([2H])c1C. The molecule has 612 valence electrons. The third kappa shape index (κ3) is 12.6. The third-order valence-electron chi connectivity index (χ3n) is 23.1. The highest BCUT2D eigenvalue weighted by Gasteiger charge is 2.48. The lowest BCUT2D eigenvalue weighted by molar-refractivity contribution is 0.584. The highest BCUT2D eigenvalue weighted by atomic mass is 32.1. The van der Waals surface area contributed by atoms with Crippen LogP contribution in [0.25, 0.3) is 76.0 Å². The van der Waals surface area contributed by atoms with Gasteiger partial charge in [-0.15, -0.1) is 11.3 Å². The molecule has 14 aromatic carbocycles. The Bertz CT molecular complexity index is 9370. The van der Waals surface area contributed by atoms with Gasteiger partial charge < -0.3 is 28.3 Å². The molecule has 124 heavy (non-hydrogen) atoms. The molecule has 0 saturated carbocycles. The number of hydrogen-bond acceptors (Lipinski definition) is 6. The lowest BCUT2D eigenvalue weighted by Crippen LogP contribution is -2.60. The van der Waals surface area contributed by atoms with E-state index in [4.69, 9.17) is 9.90 Å². The van der Waals surface area contributed by atoms with E-state index in [9.17, 15) is 54.8 Å². The van der Waals surface area contributed by atoms with Crippen LogP contribution in [0.1, 0.15) is 229 Å². The zero-order valence-electron chi connectivity index (χ0n) is 116. The van der Waals surface area contributed by atoms with Gasteiger partial charge in [0.2, 0.25) is 5.88 Å². The molecule has 4 aliphatic heterocycles. The lowest BCUT2D eigenvalue weighted by atomic mass is 9.34. The van der Waals surface area contributed by atoms with Crippen LogP contribution < -0.4 is 52.4 Å². The maximum atomic E-state index is 9.94. The van der Waals surface area contributed by atoms with Crippen molar-refractivity contribution in [3.8, 4) is 11.4 Å². The maximum absolute atomic E-state index is 9.94. The van der Waals surface area contributed by atoms with Crippen LogP contribution in [0, 0.1) is 13.8 Å². The van der Waals surface area contributed by atoms with Crippen molar-refractivity contribution in [2.24, 2.45) is 0 Å². The Morgan fingerprint density at radius 2 is 0.653 bits per heavy atom. The van der Waals surface area contributed by atoms with E-state index in [1.54, 1.807) is 125 Å². The number of fused-ring (bicyclic) bond motifs is 18. The van der Waals surface area contributed by atoms with Gasteiger partial charge in [0.1, 0.15) is 5.58 Å². The van der Waals surface area contributed by atoms with Crippen molar-refractivity contribution in [1.82, 2.24) is 9.13 Å². The first-order valence-corrected chi connectivity index (χ1v) is 41.7. The first kappa shape index (κ1) is 44.2. The van der Waals surface area contributed by atoms with E-state index in [0.29, 0.717) is 0 Å². The summed E-state index contributed by atoms with van der Waals surface area (Å²) in [6.07, 6.45) is 0. The average molecular weight is 1680 g/mol. The number of rotatable bonds is 8. The predicted octanol–water partition coefficient (Wildman–Crippen LogP) is 28.1. The van der Waals surface area contributed by atoms with E-state index in [2.05, 4.69) is 0 Å². The molecule has 0 unspecified atom stereocenters. The van der Waals surface area contributed by atoms with Gasteiger partial charge in [-0.3, -0.25) is 4.90 Å². The van der Waals surface area contributed by atoms with Crippen molar-refractivity contribution in [2.75, 3.05) is 19.6 Å². The first-order valence-electron chi connectivity index (χ1n) is 62.9. The minimum Gasteiger partial charge on any atom is -0.440 e. The second kappa shape index (κ2) is 28.0. The molecule has 18 aromatic rings. The first-order chi connectivity index (χ1) is 77.5. The van der Waals surface area contributed by atoms with Crippen LogP contribution in [0.3, 0.4) is 0 Å². The van der Waals surface area contributed by atoms with Crippen LogP contribution in [0.2, 0.25) is 0 Å². The molecule has 4 aliphatic rings. The fourth-order valence-electron chi connectivity index (χ4n) is 16.7. The van der Waals surface area contributed by atoms with E-state index in [-0.39, 0.29) is 217 Å². The Morgan fingerprint density at radius 1 is 0.306 bits per heavy atom. The molecule has 0 N–H and O–H groups in total. The Balaban J connectivity index is 0.000000191. The third-order valence-corrected chi connectivity index (χ3v) is 24.2. The predicted molar refractivity (Wildman–Crippen MR) is 536 cm³/mol. The minimum atomic E-state index is -1.52. The summed E-state index contributed by atoms with van der Waals surface area (Å²) >= 11 is 0.910. The summed E-state index contributed by atoms with van der Waals surface area (Å²) in [5.41, 5.74) is -11.0. The number of furan rings is 1. The Labute approximate surface area is 797 Å². The summed E-state index contributed by atoms with van der Waals surface area (Å²) in [6, 6.07) is -19.6. The fourth-order valence-corrected chi connectivity index (χ4v) is 18.0. The van der Waals surface area contributed by atoms with Crippen molar-refractivity contribution >= 4 is 190 Å². The van der Waals surface area contributed by atoms with Gasteiger partial charge in [-0.2, -0.15) is 0 Å². The number of thiophene rings is 1. The molecule has 7 nitrogen and oxygen atoms in total. The van der Waals surface area contributed by atoms with Crippen LogP contribution in [0.4, 0.5) is 67.8 Å². The quantitative estimate of drug-likeness (QED) is 0.142. The van der Waals surface area contributed by atoms with Crippen LogP contribution in [-0.4, -0.2) is 22.6 Å². The van der Waals surface area contributed by atoms with Gasteiger partial charge in [-0.1, -0.05) is 305 Å². The highest BCUT2D eigenvalue weighted by molar-refractivity contribution is 7.26. The average Bonchev–Trinajstić information content (AvgIpc) is 1.49. The molecular weight excluding hydrogens is 1520 g/mol. The number of benzene rings is 14. The fraction of sp³-hybridized carbons (Fsp3) is 0.228. The van der Waals surface area contributed by atoms with Crippen molar-refractivity contribution in [1.29, 1.82) is 0 Å². The number of para-hydroxylation sites is 4. The minimum absolute atomic E-state index is 0.00157. The summed E-state index contributed by atoms with van der Waals surface area (Å²) < 4.78 is 431. The second-order valence-corrected chi connectivity index (χ2v) is 39.0. The van der Waals surface area contributed by atoms with Crippen LogP contribution >= 0.6 is 11.3 Å². The lowest BCUT2D eigenvalue weighted by Gasteiger charge is -2.40. The second-order valence-electron chi connectivity index (χ2n) is 38.0. The smallest absolute Gasteiger partial charge is 0.257 e. The number of aromatic nitrogens is 2. The van der Waals surface area contributed by atoms with Gasteiger partial charge in [-0.05, 0) is 233 Å². The van der Waals surface area contributed by atoms with Crippen LogP contribution in [-0.2, 0) is 32.5 Å². The Morgan fingerprint density at radius 3 is 1.06 bits per heavy atom. The summed E-state index contributed by atoms with van der Waals surface area (Å²) in [7, 11) is 0. The molecule has 0 radical (unpaired) electrons. The number of anilines is 12. The topological polar surface area (TPSA) is 36.0 Å². The summed E-state index contributed by atoms with van der Waals surface area (Å²) in [4.78, 5) is 4.60. The van der Waals surface area contributed by atoms with Crippen LogP contribution in [0.5, 0.6) is 0 Å². The Kier molecular flexibility index (Phi) is 9.99. The molecule has 0 amide bonds. The zero-order chi connectivity index (χ0) is 124. The largest absolute Gasteiger partial charge is 0.440 e. The highest BCUT2D eigenvalue weighted by Crippen LogP contribution is 2.53. The van der Waals surface area contributed by atoms with Crippen molar-refractivity contribution in [2.45, 2.75) is 171 Å². The summed E-state index contributed by atoms with van der Waals surface area (Å²) in [5.74, 6) is -0.380.